The van der Waals surface area contributed by atoms with Gasteiger partial charge in [-0.2, -0.15) is 30.2 Å². The van der Waals surface area contributed by atoms with Gasteiger partial charge in [-0.15, -0.1) is 0 Å². The molecular weight excluding hydrogens is 264 g/mol. The van der Waals surface area contributed by atoms with E-state index in [1.54, 1.807) is 0 Å². The van der Waals surface area contributed by atoms with Gasteiger partial charge >= 0.3 is 28.4 Å². The summed E-state index contributed by atoms with van der Waals surface area (Å²) in [6, 6.07) is 0. The van der Waals surface area contributed by atoms with Crippen LogP contribution >= 0.6 is 0 Å². The Morgan fingerprint density at radius 3 is 2.00 bits per heavy atom. The van der Waals surface area contributed by atoms with Gasteiger partial charge in [-0.1, -0.05) is 0 Å². The lowest BCUT2D eigenvalue weighted by molar-refractivity contribution is -0.297. The summed E-state index contributed by atoms with van der Waals surface area (Å²) in [6.45, 7) is 0.414. The molecule has 0 bridgehead atoms. The molecule has 0 aromatic heterocycles. The molecule has 0 aliphatic heterocycles. The third-order valence-corrected chi connectivity index (χ3v) is 1.56. The van der Waals surface area contributed by atoms with Crippen LogP contribution in [0.2, 0.25) is 0 Å². The number of esters is 1. The van der Waals surface area contributed by atoms with Crippen LogP contribution in [0.25, 0.3) is 0 Å². The van der Waals surface area contributed by atoms with Crippen molar-refractivity contribution >= 4 is 16.4 Å². The smallest absolute Gasteiger partial charge is 0.461 e. The van der Waals surface area contributed by atoms with Crippen LogP contribution in [0.1, 0.15) is 6.92 Å². The molecule has 1 atom stereocenters. The zero-order valence-corrected chi connectivity index (χ0v) is 8.43. The van der Waals surface area contributed by atoms with Crippen molar-refractivity contribution in [2.24, 2.45) is 0 Å². The number of ether oxygens (including phenoxy) is 1. The summed E-state index contributed by atoms with van der Waals surface area (Å²) in [5.41, 5.74) is 0. The maximum Gasteiger partial charge on any atom is 0.461 e. The first-order valence-electron chi connectivity index (χ1n) is 3.55. The molecule has 0 aromatic carbocycles. The van der Waals surface area contributed by atoms with E-state index < -0.39 is 35.0 Å². The highest BCUT2D eigenvalue weighted by atomic mass is 32.3. The van der Waals surface area contributed by atoms with Crippen LogP contribution in [0.4, 0.5) is 17.6 Å². The minimum Gasteiger partial charge on any atom is -0.461 e. The minimum absolute atomic E-state index is 0.643. The van der Waals surface area contributed by atoms with Gasteiger partial charge in [-0.3, -0.25) is 4.55 Å². The van der Waals surface area contributed by atoms with Gasteiger partial charge < -0.3 is 4.74 Å². The van der Waals surface area contributed by atoms with Crippen molar-refractivity contribution in [3.8, 4) is 0 Å². The second-order valence-corrected chi connectivity index (χ2v) is 3.35. The normalized spacial score (nSPS) is 16.6. The third-order valence-electron chi connectivity index (χ3n) is 1.12. The van der Waals surface area contributed by atoms with E-state index in [1.165, 1.54) is 0 Å². The molecule has 6 nitrogen and oxygen atoms in total. The fraction of sp³-hybridized carbons (Fsp3) is 0.800. The number of carbonyl (C=O) groups excluding carboxylic acids is 1. The van der Waals surface area contributed by atoms with Gasteiger partial charge in [0, 0.05) is 0 Å². The SMILES string of the molecule is CCOC(=O)C(F)(OS(=O)(=O)O)C(F)(F)F. The Hall–Kier alpha value is -0.940. The van der Waals surface area contributed by atoms with Gasteiger partial charge in [-0.05, 0) is 6.92 Å². The molecule has 96 valence electrons. The van der Waals surface area contributed by atoms with Crippen LogP contribution in [0.15, 0.2) is 0 Å². The van der Waals surface area contributed by atoms with E-state index in [0.717, 1.165) is 6.92 Å². The van der Waals surface area contributed by atoms with Crippen molar-refractivity contribution in [3.63, 3.8) is 0 Å². The summed E-state index contributed by atoms with van der Waals surface area (Å²) in [5.74, 6) is -7.89. The van der Waals surface area contributed by atoms with Gasteiger partial charge in [0.25, 0.3) is 0 Å². The van der Waals surface area contributed by atoms with Crippen LogP contribution in [0.5, 0.6) is 0 Å². The molecule has 0 fully saturated rings. The van der Waals surface area contributed by atoms with Crippen LogP contribution in [-0.2, 0) is 24.1 Å². The van der Waals surface area contributed by atoms with E-state index in [2.05, 4.69) is 8.92 Å². The summed E-state index contributed by atoms with van der Waals surface area (Å²) in [6.07, 6.45) is -6.02. The molecule has 0 radical (unpaired) electrons. The van der Waals surface area contributed by atoms with E-state index in [1.807, 2.05) is 0 Å². The number of hydrogen-bond donors (Lipinski definition) is 1. The number of halogens is 4. The Labute approximate surface area is 87.1 Å². The van der Waals surface area contributed by atoms with Crippen LogP contribution in [0, 0.1) is 0 Å². The quantitative estimate of drug-likeness (QED) is 0.457. The van der Waals surface area contributed by atoms with E-state index in [4.69, 9.17) is 4.55 Å². The summed E-state index contributed by atoms with van der Waals surface area (Å²) in [5, 5.41) is 0. The number of carbonyl (C=O) groups is 1. The first kappa shape index (κ1) is 15.1. The zero-order valence-electron chi connectivity index (χ0n) is 7.62. The lowest BCUT2D eigenvalue weighted by atomic mass is 10.3. The van der Waals surface area contributed by atoms with E-state index in [-0.39, 0.29) is 0 Å². The Balaban J connectivity index is 5.30. The Kier molecular flexibility index (Phi) is 4.24. The van der Waals surface area contributed by atoms with Crippen LogP contribution in [0.3, 0.4) is 0 Å². The van der Waals surface area contributed by atoms with Gasteiger partial charge in [0.15, 0.2) is 0 Å². The van der Waals surface area contributed by atoms with Gasteiger partial charge in [-0.25, -0.2) is 4.79 Å². The lowest BCUT2D eigenvalue weighted by Gasteiger charge is -2.23. The number of alkyl halides is 4. The molecular formula is C5H6F4O6S. The first-order chi connectivity index (χ1) is 6.94. The van der Waals surface area contributed by atoms with E-state index in [9.17, 15) is 30.8 Å². The first-order valence-corrected chi connectivity index (χ1v) is 4.91. The molecule has 16 heavy (non-hydrogen) atoms. The molecule has 0 rings (SSSR count). The van der Waals surface area contributed by atoms with Gasteiger partial charge in [0.05, 0.1) is 6.61 Å². The summed E-state index contributed by atoms with van der Waals surface area (Å²) < 4.78 is 83.3. The molecule has 1 unspecified atom stereocenters. The Bertz CT molecular complexity index is 362. The number of rotatable bonds is 4. The van der Waals surface area contributed by atoms with E-state index in [0.29, 0.717) is 0 Å². The van der Waals surface area contributed by atoms with Crippen molar-refractivity contribution in [1.82, 2.24) is 0 Å². The maximum atomic E-state index is 13.0. The predicted molar refractivity (Wildman–Crippen MR) is 39.2 cm³/mol. The fourth-order valence-electron chi connectivity index (χ4n) is 0.566. The average Bonchev–Trinajstić information content (AvgIpc) is 1.99. The standard InChI is InChI=1S/C5H6F4O6S/c1-2-14-3(10)4(6,5(7,8)9)15-16(11,12)13/h2H2,1H3,(H,11,12,13). The van der Waals surface area contributed by atoms with Crippen molar-refractivity contribution < 1.29 is 44.2 Å². The molecule has 0 aromatic rings. The van der Waals surface area contributed by atoms with Crippen molar-refractivity contribution in [3.05, 3.63) is 0 Å². The average molecular weight is 270 g/mol. The Morgan fingerprint density at radius 1 is 1.31 bits per heavy atom. The Morgan fingerprint density at radius 2 is 1.75 bits per heavy atom. The summed E-state index contributed by atoms with van der Waals surface area (Å²) in [7, 11) is -5.82. The predicted octanol–water partition coefficient (Wildman–Crippen LogP) is 0.597. The van der Waals surface area contributed by atoms with Crippen molar-refractivity contribution in [1.29, 1.82) is 0 Å². The molecule has 0 amide bonds. The minimum atomic E-state index is -6.02. The maximum absolute atomic E-state index is 13.0. The second kappa shape index (κ2) is 4.51. The van der Waals surface area contributed by atoms with Gasteiger partial charge in [0.1, 0.15) is 0 Å². The molecule has 11 heteroatoms. The molecule has 0 aliphatic carbocycles. The number of hydrogen-bond acceptors (Lipinski definition) is 5. The summed E-state index contributed by atoms with van der Waals surface area (Å²) >= 11 is 0. The second-order valence-electron chi connectivity index (χ2n) is 2.32. The van der Waals surface area contributed by atoms with Crippen molar-refractivity contribution in [2.75, 3.05) is 6.61 Å². The van der Waals surface area contributed by atoms with Crippen molar-refractivity contribution in [2.45, 2.75) is 19.0 Å². The molecule has 0 spiro atoms. The molecule has 0 saturated carbocycles. The molecule has 0 saturated heterocycles. The zero-order chi connectivity index (χ0) is 13.2. The monoisotopic (exact) mass is 270 g/mol. The lowest BCUT2D eigenvalue weighted by Crippen LogP contribution is -2.52. The highest BCUT2D eigenvalue weighted by Gasteiger charge is 2.67. The fourth-order valence-corrected chi connectivity index (χ4v) is 1.02. The van der Waals surface area contributed by atoms with Gasteiger partial charge in [0.2, 0.25) is 0 Å². The summed E-state index contributed by atoms with van der Waals surface area (Å²) in [4.78, 5) is 10.6. The molecule has 1 N–H and O–H groups in total. The third kappa shape index (κ3) is 3.57. The highest BCUT2D eigenvalue weighted by Crippen LogP contribution is 2.37. The largest absolute Gasteiger partial charge is 0.461 e. The van der Waals surface area contributed by atoms with Crippen LogP contribution < -0.4 is 0 Å². The molecule has 0 heterocycles. The topological polar surface area (TPSA) is 89.9 Å². The highest BCUT2D eigenvalue weighted by molar-refractivity contribution is 7.81. The van der Waals surface area contributed by atoms with Crippen LogP contribution in [-0.4, -0.2) is 37.6 Å². The molecule has 0 aliphatic rings. The van der Waals surface area contributed by atoms with E-state index >= 15 is 0 Å².